The lowest BCUT2D eigenvalue weighted by atomic mass is 9.96. The Hall–Kier alpha value is -2.57. The maximum absolute atomic E-state index is 14.2. The van der Waals surface area contributed by atoms with E-state index >= 15 is 0 Å². The first-order valence-electron chi connectivity index (χ1n) is 8.71. The first kappa shape index (κ1) is 19.7. The summed E-state index contributed by atoms with van der Waals surface area (Å²) in [5.74, 6) is 0. The molecule has 0 saturated carbocycles. The van der Waals surface area contributed by atoms with Crippen LogP contribution in [0.3, 0.4) is 0 Å². The van der Waals surface area contributed by atoms with Crippen molar-refractivity contribution in [2.45, 2.75) is 12.2 Å². The molecule has 4 rings (SSSR count). The summed E-state index contributed by atoms with van der Waals surface area (Å²) in [7, 11) is 0. The molecule has 0 fully saturated rings. The average molecular weight is 436 g/mol. The topological polar surface area (TPSA) is 29.0 Å². The van der Waals surface area contributed by atoms with Gasteiger partial charge in [0.15, 0.2) is 6.04 Å². The van der Waals surface area contributed by atoms with Gasteiger partial charge in [0.05, 0.1) is 16.2 Å². The van der Waals surface area contributed by atoms with Crippen LogP contribution in [0.15, 0.2) is 67.0 Å². The smallest absolute Gasteiger partial charge is 0.359 e. The van der Waals surface area contributed by atoms with Crippen LogP contribution in [0.1, 0.15) is 11.6 Å². The van der Waals surface area contributed by atoms with Crippen molar-refractivity contribution in [2.75, 3.05) is 6.54 Å². The summed E-state index contributed by atoms with van der Waals surface area (Å²) in [5, 5.41) is 1.14. The summed E-state index contributed by atoms with van der Waals surface area (Å²) in [5.41, 5.74) is 1.05. The van der Waals surface area contributed by atoms with Crippen molar-refractivity contribution < 1.29 is 13.2 Å². The molecule has 0 unspecified atom stereocenters. The van der Waals surface area contributed by atoms with Gasteiger partial charge in [0.1, 0.15) is 5.15 Å². The van der Waals surface area contributed by atoms with E-state index in [0.717, 1.165) is 0 Å². The molecule has 0 aliphatic carbocycles. The molecule has 3 aromatic rings. The van der Waals surface area contributed by atoms with Crippen molar-refractivity contribution in [3.05, 3.63) is 82.8 Å². The molecule has 1 atom stereocenters. The summed E-state index contributed by atoms with van der Waals surface area (Å²) in [6.07, 6.45) is 3.29. The Morgan fingerprint density at radius 3 is 2.55 bits per heavy atom. The van der Waals surface area contributed by atoms with Crippen molar-refractivity contribution in [3.63, 3.8) is 0 Å². The lowest BCUT2D eigenvalue weighted by Gasteiger charge is -2.33. The number of allylic oxidation sites excluding steroid dienone is 2. The standard InChI is InChI=1S/C21H14Cl2F3N3/c22-16-6-4-5-13-11-15(20(21(24,25)26)29-9-2-1-3-10-29)18(28-19(13)16)14-7-8-17(23)27-12-14/h1-9,11-12,20H,10H2/t20-/m1/s1. The highest BCUT2D eigenvalue weighted by Crippen LogP contribution is 2.43. The molecule has 8 heteroatoms. The van der Waals surface area contributed by atoms with Gasteiger partial charge in [-0.05, 0) is 30.3 Å². The number of alkyl halides is 3. The minimum Gasteiger partial charge on any atom is -0.359 e. The minimum atomic E-state index is -4.53. The third-order valence-corrected chi connectivity index (χ3v) is 5.13. The monoisotopic (exact) mass is 435 g/mol. The first-order chi connectivity index (χ1) is 13.8. The Balaban J connectivity index is 1.99. The Morgan fingerprint density at radius 1 is 1.07 bits per heavy atom. The molecule has 1 aliphatic rings. The van der Waals surface area contributed by atoms with Crippen molar-refractivity contribution in [1.29, 1.82) is 0 Å². The first-order valence-corrected chi connectivity index (χ1v) is 9.47. The van der Waals surface area contributed by atoms with Crippen LogP contribution in [0.5, 0.6) is 0 Å². The lowest BCUT2D eigenvalue weighted by molar-refractivity contribution is -0.178. The van der Waals surface area contributed by atoms with Gasteiger partial charge in [-0.3, -0.25) is 0 Å². The van der Waals surface area contributed by atoms with E-state index in [9.17, 15) is 13.2 Å². The SMILES string of the molecule is FC(F)(F)[C@@H](c1cc2cccc(Cl)c2nc1-c1ccc(Cl)nc1)N1C=CC=CC1. The average Bonchev–Trinajstić information content (AvgIpc) is 2.68. The van der Waals surface area contributed by atoms with E-state index in [1.54, 1.807) is 42.5 Å². The molecular weight excluding hydrogens is 422 g/mol. The van der Waals surface area contributed by atoms with Crippen molar-refractivity contribution >= 4 is 34.1 Å². The van der Waals surface area contributed by atoms with Crippen LogP contribution in [0.2, 0.25) is 10.2 Å². The molecule has 0 radical (unpaired) electrons. The molecular formula is C21H14Cl2F3N3. The van der Waals surface area contributed by atoms with E-state index in [2.05, 4.69) is 9.97 Å². The van der Waals surface area contributed by atoms with Crippen LogP contribution >= 0.6 is 23.2 Å². The van der Waals surface area contributed by atoms with Gasteiger partial charge in [-0.25, -0.2) is 9.97 Å². The number of pyridine rings is 2. The Morgan fingerprint density at radius 2 is 1.90 bits per heavy atom. The molecule has 0 spiro atoms. The molecule has 0 N–H and O–H groups in total. The van der Waals surface area contributed by atoms with Gasteiger partial charge in [-0.15, -0.1) is 0 Å². The third kappa shape index (κ3) is 3.95. The molecule has 1 aromatic carbocycles. The lowest BCUT2D eigenvalue weighted by Crippen LogP contribution is -2.36. The van der Waals surface area contributed by atoms with E-state index in [4.69, 9.17) is 23.2 Å². The largest absolute Gasteiger partial charge is 0.413 e. The van der Waals surface area contributed by atoms with E-state index in [0.29, 0.717) is 21.5 Å². The van der Waals surface area contributed by atoms with Crippen LogP contribution in [0.25, 0.3) is 22.2 Å². The summed E-state index contributed by atoms with van der Waals surface area (Å²) in [6.45, 7) is 0.132. The quantitative estimate of drug-likeness (QED) is 0.434. The van der Waals surface area contributed by atoms with Gasteiger partial charge in [-0.1, -0.05) is 47.5 Å². The maximum atomic E-state index is 14.2. The highest BCUT2D eigenvalue weighted by molar-refractivity contribution is 6.35. The van der Waals surface area contributed by atoms with Gasteiger partial charge < -0.3 is 4.90 Å². The van der Waals surface area contributed by atoms with Crippen LogP contribution in [-0.2, 0) is 0 Å². The third-order valence-electron chi connectivity index (χ3n) is 4.60. The van der Waals surface area contributed by atoms with Gasteiger partial charge in [-0.2, -0.15) is 13.2 Å². The van der Waals surface area contributed by atoms with Crippen LogP contribution in [-0.4, -0.2) is 27.6 Å². The summed E-state index contributed by atoms with van der Waals surface area (Å²) >= 11 is 12.1. The summed E-state index contributed by atoms with van der Waals surface area (Å²) < 4.78 is 42.7. The number of aromatic nitrogens is 2. The second kappa shape index (κ2) is 7.69. The Labute approximate surface area is 175 Å². The Bertz CT molecular complexity index is 1110. The van der Waals surface area contributed by atoms with E-state index in [-0.39, 0.29) is 23.0 Å². The number of benzene rings is 1. The van der Waals surface area contributed by atoms with Crippen molar-refractivity contribution in [2.24, 2.45) is 0 Å². The van der Waals surface area contributed by atoms with Gasteiger partial charge in [0.25, 0.3) is 0 Å². The maximum Gasteiger partial charge on any atom is 0.413 e. The molecule has 0 saturated heterocycles. The molecule has 3 nitrogen and oxygen atoms in total. The zero-order valence-electron chi connectivity index (χ0n) is 14.9. The summed E-state index contributed by atoms with van der Waals surface area (Å²) in [6, 6.07) is 7.77. The highest BCUT2D eigenvalue weighted by atomic mass is 35.5. The molecule has 29 heavy (non-hydrogen) atoms. The fourth-order valence-corrected chi connectivity index (χ4v) is 3.69. The molecule has 1 aliphatic heterocycles. The number of nitrogens with zero attached hydrogens (tertiary/aromatic N) is 3. The predicted octanol–water partition coefficient (Wildman–Crippen LogP) is 6.59. The zero-order valence-corrected chi connectivity index (χ0v) is 16.4. The second-order valence-electron chi connectivity index (χ2n) is 6.52. The van der Waals surface area contributed by atoms with Crippen LogP contribution in [0.4, 0.5) is 13.2 Å². The fourth-order valence-electron chi connectivity index (χ4n) is 3.35. The summed E-state index contributed by atoms with van der Waals surface area (Å²) in [4.78, 5) is 9.76. The van der Waals surface area contributed by atoms with Crippen molar-refractivity contribution in [3.8, 4) is 11.3 Å². The molecule has 3 heterocycles. The second-order valence-corrected chi connectivity index (χ2v) is 7.31. The number of halogens is 5. The number of fused-ring (bicyclic) bond motifs is 1. The number of rotatable bonds is 3. The fraction of sp³-hybridized carbons (Fsp3) is 0.143. The Kier molecular flexibility index (Phi) is 5.23. The molecule has 0 bridgehead atoms. The molecule has 0 amide bonds. The number of para-hydroxylation sites is 1. The van der Waals surface area contributed by atoms with E-state index in [1.165, 1.54) is 29.4 Å². The minimum absolute atomic E-state index is 0.0244. The number of hydrogen-bond acceptors (Lipinski definition) is 3. The van der Waals surface area contributed by atoms with Crippen LogP contribution < -0.4 is 0 Å². The highest BCUT2D eigenvalue weighted by Gasteiger charge is 2.45. The molecule has 148 valence electrons. The van der Waals surface area contributed by atoms with E-state index < -0.39 is 12.2 Å². The van der Waals surface area contributed by atoms with Crippen LogP contribution in [0, 0.1) is 0 Å². The van der Waals surface area contributed by atoms with E-state index in [1.807, 2.05) is 0 Å². The van der Waals surface area contributed by atoms with Crippen molar-refractivity contribution in [1.82, 2.24) is 14.9 Å². The van der Waals surface area contributed by atoms with Gasteiger partial charge in [0, 0.05) is 35.5 Å². The predicted molar refractivity (Wildman–Crippen MR) is 109 cm³/mol. The number of hydrogen-bond donors (Lipinski definition) is 0. The normalized spacial score (nSPS) is 15.1. The molecule has 2 aromatic heterocycles. The van der Waals surface area contributed by atoms with Gasteiger partial charge >= 0.3 is 6.18 Å². The zero-order chi connectivity index (χ0) is 20.6. The van der Waals surface area contributed by atoms with Gasteiger partial charge in [0.2, 0.25) is 0 Å².